The van der Waals surface area contributed by atoms with Gasteiger partial charge in [-0.25, -0.2) is 0 Å². The van der Waals surface area contributed by atoms with Gasteiger partial charge in [-0.1, -0.05) is 18.2 Å². The van der Waals surface area contributed by atoms with E-state index in [2.05, 4.69) is 4.98 Å². The molecule has 0 saturated heterocycles. The Morgan fingerprint density at radius 2 is 2.15 bits per heavy atom. The predicted molar refractivity (Wildman–Crippen MR) is 78.2 cm³/mol. The normalized spacial score (nSPS) is 10.7. The fraction of sp³-hybridized carbons (Fsp3) is 0.333. The smallest absolute Gasteiger partial charge is 0.323 e. The summed E-state index contributed by atoms with van der Waals surface area (Å²) in [6.07, 6.45) is 0. The number of ether oxygens (including phenoxy) is 1. The van der Waals surface area contributed by atoms with Crippen molar-refractivity contribution in [2.45, 2.75) is 6.92 Å². The van der Waals surface area contributed by atoms with Gasteiger partial charge in [-0.15, -0.1) is 0 Å². The van der Waals surface area contributed by atoms with Gasteiger partial charge in [-0.05, 0) is 19.1 Å². The van der Waals surface area contributed by atoms with Crippen molar-refractivity contribution in [3.63, 3.8) is 0 Å². The van der Waals surface area contributed by atoms with Gasteiger partial charge in [0.25, 0.3) is 0 Å². The van der Waals surface area contributed by atoms with Crippen LogP contribution < -0.4 is 4.90 Å². The van der Waals surface area contributed by atoms with E-state index in [-0.39, 0.29) is 6.54 Å². The number of rotatable bonds is 6. The molecular weight excluding hydrogens is 256 g/mol. The second-order valence-corrected chi connectivity index (χ2v) is 4.61. The summed E-state index contributed by atoms with van der Waals surface area (Å²) in [6, 6.07) is 9.66. The standard InChI is InChI=1S/C15H18N2O3/c1-11-9-14(12-5-3-4-6-13(12)16-11)17(7-8-20-2)10-15(18)19/h3-6,9H,7-8,10H2,1-2H3,(H,18,19). The molecule has 0 fully saturated rings. The molecule has 2 rings (SSSR count). The Kier molecular flexibility index (Phi) is 4.53. The molecule has 0 unspecified atom stereocenters. The van der Waals surface area contributed by atoms with Gasteiger partial charge in [0, 0.05) is 30.4 Å². The Bertz CT molecular complexity index is 613. The van der Waals surface area contributed by atoms with Gasteiger partial charge in [0.2, 0.25) is 0 Å². The van der Waals surface area contributed by atoms with E-state index < -0.39 is 5.97 Å². The van der Waals surface area contributed by atoms with Crippen LogP contribution in [0.2, 0.25) is 0 Å². The maximum absolute atomic E-state index is 11.1. The average molecular weight is 274 g/mol. The molecule has 0 aliphatic carbocycles. The molecule has 106 valence electrons. The second-order valence-electron chi connectivity index (χ2n) is 4.61. The van der Waals surface area contributed by atoms with Crippen LogP contribution >= 0.6 is 0 Å². The van der Waals surface area contributed by atoms with Crippen LogP contribution in [0.25, 0.3) is 10.9 Å². The van der Waals surface area contributed by atoms with E-state index in [1.165, 1.54) is 0 Å². The number of carboxylic acids is 1. The van der Waals surface area contributed by atoms with E-state index >= 15 is 0 Å². The van der Waals surface area contributed by atoms with E-state index in [0.29, 0.717) is 13.2 Å². The summed E-state index contributed by atoms with van der Waals surface area (Å²) >= 11 is 0. The molecular formula is C15H18N2O3. The van der Waals surface area contributed by atoms with Gasteiger partial charge in [0.1, 0.15) is 6.54 Å². The highest BCUT2D eigenvalue weighted by Crippen LogP contribution is 2.26. The molecule has 1 heterocycles. The van der Waals surface area contributed by atoms with Crippen LogP contribution in [0.3, 0.4) is 0 Å². The van der Waals surface area contributed by atoms with Gasteiger partial charge >= 0.3 is 5.97 Å². The third-order valence-corrected chi connectivity index (χ3v) is 3.05. The van der Waals surface area contributed by atoms with Crippen molar-refractivity contribution in [3.8, 4) is 0 Å². The molecule has 0 aliphatic rings. The van der Waals surface area contributed by atoms with Crippen molar-refractivity contribution >= 4 is 22.6 Å². The van der Waals surface area contributed by atoms with Crippen LogP contribution in [0.1, 0.15) is 5.69 Å². The number of carboxylic acid groups (broad SMARTS) is 1. The van der Waals surface area contributed by atoms with Gasteiger partial charge < -0.3 is 14.7 Å². The number of pyridine rings is 1. The van der Waals surface area contributed by atoms with Crippen LogP contribution in [0.4, 0.5) is 5.69 Å². The summed E-state index contributed by atoms with van der Waals surface area (Å²) in [5.41, 5.74) is 2.62. The van der Waals surface area contributed by atoms with Crippen LogP contribution in [-0.4, -0.2) is 42.9 Å². The fourth-order valence-electron chi connectivity index (χ4n) is 2.20. The summed E-state index contributed by atoms with van der Waals surface area (Å²) < 4.78 is 5.07. The molecule has 0 amide bonds. The molecule has 0 spiro atoms. The zero-order valence-electron chi connectivity index (χ0n) is 11.7. The lowest BCUT2D eigenvalue weighted by atomic mass is 10.1. The SMILES string of the molecule is COCCN(CC(=O)O)c1cc(C)nc2ccccc12. The molecule has 1 aromatic heterocycles. The number of anilines is 1. The largest absolute Gasteiger partial charge is 0.480 e. The number of aromatic nitrogens is 1. The Hall–Kier alpha value is -2.14. The molecule has 0 aliphatic heterocycles. The molecule has 5 nitrogen and oxygen atoms in total. The van der Waals surface area contributed by atoms with Gasteiger partial charge in [0.05, 0.1) is 12.1 Å². The quantitative estimate of drug-likeness (QED) is 0.873. The number of para-hydroxylation sites is 1. The molecule has 5 heteroatoms. The first-order valence-electron chi connectivity index (χ1n) is 6.44. The molecule has 0 bridgehead atoms. The lowest BCUT2D eigenvalue weighted by Gasteiger charge is -2.24. The highest BCUT2D eigenvalue weighted by Gasteiger charge is 2.14. The number of benzene rings is 1. The predicted octanol–water partition coefficient (Wildman–Crippen LogP) is 2.08. The Labute approximate surface area is 117 Å². The highest BCUT2D eigenvalue weighted by molar-refractivity contribution is 5.93. The number of hydrogen-bond donors (Lipinski definition) is 1. The first-order valence-corrected chi connectivity index (χ1v) is 6.44. The molecule has 20 heavy (non-hydrogen) atoms. The van der Waals surface area contributed by atoms with Crippen LogP contribution in [0.15, 0.2) is 30.3 Å². The second kappa shape index (κ2) is 6.34. The topological polar surface area (TPSA) is 62.7 Å². The van der Waals surface area contributed by atoms with Crippen LogP contribution in [0.5, 0.6) is 0 Å². The third kappa shape index (κ3) is 3.24. The van der Waals surface area contributed by atoms with Crippen molar-refractivity contribution < 1.29 is 14.6 Å². The molecule has 1 N–H and O–H groups in total. The minimum absolute atomic E-state index is 0.0587. The fourth-order valence-corrected chi connectivity index (χ4v) is 2.20. The Morgan fingerprint density at radius 3 is 2.85 bits per heavy atom. The summed E-state index contributed by atoms with van der Waals surface area (Å²) in [4.78, 5) is 17.4. The van der Waals surface area contributed by atoms with Crippen molar-refractivity contribution in [2.24, 2.45) is 0 Å². The zero-order chi connectivity index (χ0) is 14.5. The summed E-state index contributed by atoms with van der Waals surface area (Å²) in [5.74, 6) is -0.861. The van der Waals surface area contributed by atoms with Crippen molar-refractivity contribution in [2.75, 3.05) is 31.7 Å². The van der Waals surface area contributed by atoms with Crippen molar-refractivity contribution in [3.05, 3.63) is 36.0 Å². The molecule has 1 aromatic carbocycles. The number of fused-ring (bicyclic) bond motifs is 1. The summed E-state index contributed by atoms with van der Waals surface area (Å²) in [5, 5.41) is 10.0. The molecule has 2 aromatic rings. The lowest BCUT2D eigenvalue weighted by Crippen LogP contribution is -2.32. The zero-order valence-corrected chi connectivity index (χ0v) is 11.7. The summed E-state index contributed by atoms with van der Waals surface area (Å²) in [6.45, 7) is 2.85. The molecule has 0 atom stereocenters. The van der Waals surface area contributed by atoms with E-state index in [1.54, 1.807) is 7.11 Å². The first-order chi connectivity index (χ1) is 9.61. The Balaban J connectivity index is 2.47. The lowest BCUT2D eigenvalue weighted by molar-refractivity contribution is -0.135. The van der Waals surface area contributed by atoms with Crippen molar-refractivity contribution in [1.82, 2.24) is 4.98 Å². The number of carbonyl (C=O) groups is 1. The molecule has 0 radical (unpaired) electrons. The van der Waals surface area contributed by atoms with E-state index in [9.17, 15) is 4.79 Å². The third-order valence-electron chi connectivity index (χ3n) is 3.05. The number of aryl methyl sites for hydroxylation is 1. The van der Waals surface area contributed by atoms with Gasteiger partial charge in [-0.3, -0.25) is 9.78 Å². The monoisotopic (exact) mass is 274 g/mol. The maximum Gasteiger partial charge on any atom is 0.323 e. The number of hydrogen-bond acceptors (Lipinski definition) is 4. The van der Waals surface area contributed by atoms with Gasteiger partial charge in [0.15, 0.2) is 0 Å². The van der Waals surface area contributed by atoms with Crippen molar-refractivity contribution in [1.29, 1.82) is 0 Å². The average Bonchev–Trinajstić information content (AvgIpc) is 2.42. The van der Waals surface area contributed by atoms with Crippen LogP contribution in [-0.2, 0) is 9.53 Å². The van der Waals surface area contributed by atoms with Gasteiger partial charge in [-0.2, -0.15) is 0 Å². The number of methoxy groups -OCH3 is 1. The van der Waals surface area contributed by atoms with E-state index in [4.69, 9.17) is 9.84 Å². The van der Waals surface area contributed by atoms with E-state index in [1.807, 2.05) is 42.2 Å². The molecule has 0 saturated carbocycles. The number of nitrogens with zero attached hydrogens (tertiary/aromatic N) is 2. The first kappa shape index (κ1) is 14.3. The van der Waals surface area contributed by atoms with E-state index in [0.717, 1.165) is 22.3 Å². The summed E-state index contributed by atoms with van der Waals surface area (Å²) in [7, 11) is 1.61. The number of aliphatic carboxylic acids is 1. The Morgan fingerprint density at radius 1 is 1.40 bits per heavy atom. The minimum atomic E-state index is -0.861. The highest BCUT2D eigenvalue weighted by atomic mass is 16.5. The minimum Gasteiger partial charge on any atom is -0.480 e. The maximum atomic E-state index is 11.1. The van der Waals surface area contributed by atoms with Crippen LogP contribution in [0, 0.1) is 6.92 Å².